The smallest absolute Gasteiger partial charge is 0.304 e. The van der Waals surface area contributed by atoms with E-state index in [0.717, 1.165) is 0 Å². The van der Waals surface area contributed by atoms with Crippen molar-refractivity contribution in [3.8, 4) is 22.3 Å². The molecule has 0 aliphatic carbocycles. The van der Waals surface area contributed by atoms with E-state index in [1.165, 1.54) is 96.3 Å². The van der Waals surface area contributed by atoms with Crippen LogP contribution in [0.2, 0.25) is 0 Å². The predicted molar refractivity (Wildman–Crippen MR) is 214 cm³/mol. The minimum atomic E-state index is -2.32. The summed E-state index contributed by atoms with van der Waals surface area (Å²) in [6.07, 6.45) is 0. The van der Waals surface area contributed by atoms with Crippen LogP contribution in [-0.2, 0) is 11.2 Å². The van der Waals surface area contributed by atoms with Crippen LogP contribution in [0.3, 0.4) is 0 Å². The predicted octanol–water partition coefficient (Wildman–Crippen LogP) is 8.45. The Morgan fingerprint density at radius 2 is 0.750 bits per heavy atom. The van der Waals surface area contributed by atoms with Gasteiger partial charge in [-0.05, 0) is 83.9 Å². The normalized spacial score (nSPS) is 11.0. The molecule has 17 nitrogen and oxygen atoms in total. The van der Waals surface area contributed by atoms with Gasteiger partial charge in [-0.3, -0.25) is 40.5 Å². The van der Waals surface area contributed by atoms with Gasteiger partial charge in [-0.25, -0.2) is 0 Å². The second-order valence-electron chi connectivity index (χ2n) is 11.7. The zero-order chi connectivity index (χ0) is 40.4. The Kier molecular flexibility index (Phi) is 11.0. The highest BCUT2D eigenvalue weighted by Gasteiger charge is 2.35. The van der Waals surface area contributed by atoms with Crippen molar-refractivity contribution in [2.24, 2.45) is 0 Å². The van der Waals surface area contributed by atoms with Gasteiger partial charge in [0.05, 0.1) is 19.7 Å². The number of benzene rings is 6. The molecule has 0 radical (unpaired) electrons. The number of rotatable bonds is 12. The lowest BCUT2D eigenvalue weighted by molar-refractivity contribution is -0.384. The average molecular weight is 811 g/mol. The Labute approximate surface area is 327 Å². The molecule has 0 bridgehead atoms. The monoisotopic (exact) mass is 810 g/mol. The molecule has 0 aliphatic rings. The van der Waals surface area contributed by atoms with E-state index in [9.17, 15) is 45.0 Å². The highest BCUT2D eigenvalue weighted by Crippen LogP contribution is 2.47. The SMILES string of the molecule is Nc1ccc(Sc2ccc(-c3c([S+]([O-])c4ccc(N)c([N+](=O)[O-])c4-c4ccc(Sc5ccc(N)c([N+](=O)[O-])c5)cc4)ccc(N)c3[N+](=O)[O-])cc2)cc1[N+](=O)[O-]. The highest BCUT2D eigenvalue weighted by atomic mass is 32.2. The molecular weight excluding hydrogens is 785 g/mol. The maximum atomic E-state index is 14.7. The van der Waals surface area contributed by atoms with Crippen molar-refractivity contribution in [1.29, 1.82) is 0 Å². The molecular formula is C36H26N8O9S3. The molecule has 0 aliphatic heterocycles. The summed E-state index contributed by atoms with van der Waals surface area (Å²) in [6, 6.07) is 26.4. The van der Waals surface area contributed by atoms with E-state index in [-0.39, 0.29) is 66.2 Å². The summed E-state index contributed by atoms with van der Waals surface area (Å²) in [5.74, 6) is 0. The Bertz CT molecular complexity index is 2400. The molecule has 20 heteroatoms. The van der Waals surface area contributed by atoms with Crippen molar-refractivity contribution in [3.63, 3.8) is 0 Å². The number of hydrogen-bond acceptors (Lipinski definition) is 15. The fraction of sp³-hybridized carbons (Fsp3) is 0. The lowest BCUT2D eigenvalue weighted by Crippen LogP contribution is -2.11. The van der Waals surface area contributed by atoms with Crippen LogP contribution >= 0.6 is 23.5 Å². The number of nitrogen functional groups attached to an aromatic ring is 4. The molecule has 0 amide bonds. The van der Waals surface area contributed by atoms with Gasteiger partial charge < -0.3 is 27.5 Å². The molecule has 0 aromatic heterocycles. The molecule has 8 N–H and O–H groups in total. The quantitative estimate of drug-likeness (QED) is 0.0390. The van der Waals surface area contributed by atoms with Crippen molar-refractivity contribution in [2.45, 2.75) is 29.4 Å². The second kappa shape index (κ2) is 15.8. The zero-order valence-electron chi connectivity index (χ0n) is 28.4. The van der Waals surface area contributed by atoms with Crippen molar-refractivity contribution in [3.05, 3.63) is 150 Å². The Balaban J connectivity index is 1.42. The third-order valence-corrected chi connectivity index (χ3v) is 11.7. The molecule has 282 valence electrons. The molecule has 6 rings (SSSR count). The molecule has 0 atom stereocenters. The number of nitrogens with two attached hydrogens (primary N) is 4. The highest BCUT2D eigenvalue weighted by molar-refractivity contribution is 7.99. The lowest BCUT2D eigenvalue weighted by atomic mass is 10.0. The topological polar surface area (TPSA) is 300 Å². The first-order valence-corrected chi connectivity index (χ1v) is 18.6. The van der Waals surface area contributed by atoms with Crippen molar-refractivity contribution >= 4 is 80.2 Å². The van der Waals surface area contributed by atoms with Crippen molar-refractivity contribution < 1.29 is 24.2 Å². The molecule has 56 heavy (non-hydrogen) atoms. The van der Waals surface area contributed by atoms with Gasteiger partial charge >= 0.3 is 11.4 Å². The minimum Gasteiger partial charge on any atom is -0.606 e. The van der Waals surface area contributed by atoms with E-state index >= 15 is 0 Å². The summed E-state index contributed by atoms with van der Waals surface area (Å²) in [7, 11) is 0. The Hall–Kier alpha value is -6.87. The summed E-state index contributed by atoms with van der Waals surface area (Å²) in [4.78, 5) is 47.2. The first kappa shape index (κ1) is 38.8. The standard InChI is InChI=1S/C36H26N8O9S3/c37-25-11-9-23(17-29(25)41(45)46)54-21-5-1-19(2-6-21)33-31(15-13-27(39)35(33)43(49)50)56(53)32-16-14-28(40)36(44(51)52)34(32)20-3-7-22(8-4-20)55-24-10-12-26(38)30(18-24)42(47)48/h1-18H,37-40H2. The van der Waals surface area contributed by atoms with E-state index in [1.54, 1.807) is 36.4 Å². The van der Waals surface area contributed by atoms with Gasteiger partial charge in [-0.2, -0.15) is 0 Å². The summed E-state index contributed by atoms with van der Waals surface area (Å²) < 4.78 is 14.7. The summed E-state index contributed by atoms with van der Waals surface area (Å²) in [5.41, 5.74) is 21.9. The molecule has 0 fully saturated rings. The van der Waals surface area contributed by atoms with E-state index in [4.69, 9.17) is 22.9 Å². The summed E-state index contributed by atoms with van der Waals surface area (Å²) >= 11 is 0.0319. The summed E-state index contributed by atoms with van der Waals surface area (Å²) in [6.45, 7) is 0. The van der Waals surface area contributed by atoms with Crippen LogP contribution < -0.4 is 22.9 Å². The average Bonchev–Trinajstić information content (AvgIpc) is 3.16. The number of hydrogen-bond donors (Lipinski definition) is 4. The maximum absolute atomic E-state index is 14.7. The third-order valence-electron chi connectivity index (χ3n) is 8.26. The van der Waals surface area contributed by atoms with Gasteiger partial charge in [0, 0.05) is 42.9 Å². The van der Waals surface area contributed by atoms with E-state index in [1.807, 2.05) is 0 Å². The number of nitrogens with zero attached hydrogens (tertiary/aromatic N) is 4. The lowest BCUT2D eigenvalue weighted by Gasteiger charge is -2.18. The van der Waals surface area contributed by atoms with Crippen LogP contribution in [0.25, 0.3) is 22.3 Å². The van der Waals surface area contributed by atoms with Gasteiger partial charge in [-0.15, -0.1) is 0 Å². The molecule has 0 spiro atoms. The van der Waals surface area contributed by atoms with Gasteiger partial charge in [0.1, 0.15) is 33.9 Å². The first-order valence-electron chi connectivity index (χ1n) is 15.8. The first-order chi connectivity index (χ1) is 26.6. The fourth-order valence-corrected chi connectivity index (χ4v) is 8.82. The molecule has 0 saturated heterocycles. The Morgan fingerprint density at radius 1 is 0.429 bits per heavy atom. The Morgan fingerprint density at radius 3 is 1.07 bits per heavy atom. The van der Waals surface area contributed by atoms with Crippen LogP contribution in [0.4, 0.5) is 45.5 Å². The van der Waals surface area contributed by atoms with Gasteiger partial charge in [0.25, 0.3) is 11.4 Å². The largest absolute Gasteiger partial charge is 0.606 e. The van der Waals surface area contributed by atoms with Gasteiger partial charge in [0.15, 0.2) is 9.79 Å². The zero-order valence-corrected chi connectivity index (χ0v) is 30.8. The van der Waals surface area contributed by atoms with E-state index < -0.39 is 42.2 Å². The third kappa shape index (κ3) is 7.84. The van der Waals surface area contributed by atoms with Crippen molar-refractivity contribution in [2.75, 3.05) is 22.9 Å². The summed E-state index contributed by atoms with van der Waals surface area (Å²) in [5, 5.41) is 47.7. The van der Waals surface area contributed by atoms with Gasteiger partial charge in [-0.1, -0.05) is 47.8 Å². The van der Waals surface area contributed by atoms with Crippen LogP contribution in [0, 0.1) is 40.5 Å². The van der Waals surface area contributed by atoms with E-state index in [2.05, 4.69) is 0 Å². The second-order valence-corrected chi connectivity index (χ2v) is 15.5. The van der Waals surface area contributed by atoms with E-state index in [0.29, 0.717) is 19.6 Å². The van der Waals surface area contributed by atoms with Crippen LogP contribution in [-0.4, -0.2) is 24.2 Å². The molecule has 0 heterocycles. The molecule has 0 saturated carbocycles. The number of nitro groups is 4. The fourth-order valence-electron chi connectivity index (χ4n) is 5.70. The van der Waals surface area contributed by atoms with Crippen LogP contribution in [0.15, 0.2) is 139 Å². The van der Waals surface area contributed by atoms with Gasteiger partial charge in [0.2, 0.25) is 0 Å². The van der Waals surface area contributed by atoms with Crippen LogP contribution in [0.1, 0.15) is 0 Å². The van der Waals surface area contributed by atoms with Crippen LogP contribution in [0.5, 0.6) is 0 Å². The molecule has 0 unspecified atom stereocenters. The molecule has 6 aromatic rings. The van der Waals surface area contributed by atoms with Crippen molar-refractivity contribution in [1.82, 2.24) is 0 Å². The molecule has 6 aromatic carbocycles. The maximum Gasteiger partial charge on any atom is 0.304 e. The number of nitro benzene ring substituents is 4. The number of anilines is 4. The minimum absolute atomic E-state index is 0.000703.